The van der Waals surface area contributed by atoms with Crippen LogP contribution < -0.4 is 15.0 Å². The molecule has 0 aromatic heterocycles. The van der Waals surface area contributed by atoms with Crippen LogP contribution in [0, 0.1) is 0 Å². The summed E-state index contributed by atoms with van der Waals surface area (Å²) < 4.78 is 5.73. The number of nitrogens with one attached hydrogen (secondary N) is 1. The van der Waals surface area contributed by atoms with Crippen LogP contribution in [0.2, 0.25) is 0 Å². The fourth-order valence-corrected chi connectivity index (χ4v) is 3.61. The average molecular weight is 336 g/mol. The van der Waals surface area contributed by atoms with E-state index >= 15 is 0 Å². The van der Waals surface area contributed by atoms with Crippen LogP contribution in [0.25, 0.3) is 0 Å². The zero-order valence-electron chi connectivity index (χ0n) is 14.1. The van der Waals surface area contributed by atoms with Gasteiger partial charge in [0.15, 0.2) is 6.61 Å². The number of aryl methyl sites for hydroxylation is 1. The van der Waals surface area contributed by atoms with Gasteiger partial charge < -0.3 is 15.0 Å². The molecular formula is C20H20N2O3. The van der Waals surface area contributed by atoms with Crippen LogP contribution in [0.5, 0.6) is 5.75 Å². The molecular weight excluding hydrogens is 316 g/mol. The first kappa shape index (κ1) is 15.7. The van der Waals surface area contributed by atoms with E-state index in [1.165, 1.54) is 5.56 Å². The number of hydrogen-bond donors (Lipinski definition) is 1. The largest absolute Gasteiger partial charge is 0.484 e. The summed E-state index contributed by atoms with van der Waals surface area (Å²) in [4.78, 5) is 25.9. The maximum absolute atomic E-state index is 12.7. The van der Waals surface area contributed by atoms with E-state index in [1.807, 2.05) is 35.2 Å². The Labute approximate surface area is 146 Å². The van der Waals surface area contributed by atoms with Gasteiger partial charge in [0.05, 0.1) is 0 Å². The molecule has 2 aromatic rings. The number of para-hydroxylation sites is 1. The molecule has 2 aliphatic rings. The molecule has 2 aromatic carbocycles. The molecule has 5 nitrogen and oxygen atoms in total. The van der Waals surface area contributed by atoms with Crippen LogP contribution in [0.4, 0.5) is 11.4 Å². The second-order valence-corrected chi connectivity index (χ2v) is 6.60. The highest BCUT2D eigenvalue weighted by Crippen LogP contribution is 2.32. The highest BCUT2D eigenvalue weighted by molar-refractivity contribution is 5.97. The molecule has 0 saturated carbocycles. The minimum absolute atomic E-state index is 0.00379. The third-order valence-electron chi connectivity index (χ3n) is 4.81. The number of anilines is 2. The van der Waals surface area contributed by atoms with Crippen LogP contribution in [0.15, 0.2) is 42.5 Å². The molecule has 0 fully saturated rings. The van der Waals surface area contributed by atoms with Crippen molar-refractivity contribution in [3.63, 3.8) is 0 Å². The molecule has 2 aliphatic heterocycles. The molecule has 2 heterocycles. The van der Waals surface area contributed by atoms with Crippen molar-refractivity contribution in [2.75, 3.05) is 16.8 Å². The van der Waals surface area contributed by atoms with E-state index in [0.717, 1.165) is 23.4 Å². The van der Waals surface area contributed by atoms with Gasteiger partial charge in [-0.2, -0.15) is 0 Å². The Morgan fingerprint density at radius 3 is 2.92 bits per heavy atom. The molecule has 4 rings (SSSR count). The predicted molar refractivity (Wildman–Crippen MR) is 96.0 cm³/mol. The summed E-state index contributed by atoms with van der Waals surface area (Å²) in [7, 11) is 0. The summed E-state index contributed by atoms with van der Waals surface area (Å²) in [6.45, 7) is 2.06. The summed E-state index contributed by atoms with van der Waals surface area (Å²) in [5.74, 6) is 0.657. The molecule has 0 aliphatic carbocycles. The van der Waals surface area contributed by atoms with Crippen molar-refractivity contribution in [1.29, 1.82) is 0 Å². The lowest BCUT2D eigenvalue weighted by molar-refractivity contribution is -0.121. The Hall–Kier alpha value is -2.82. The lowest BCUT2D eigenvalue weighted by Gasteiger charge is -2.23. The molecule has 5 heteroatoms. The highest BCUT2D eigenvalue weighted by atomic mass is 16.5. The van der Waals surface area contributed by atoms with Gasteiger partial charge in [-0.1, -0.05) is 18.2 Å². The van der Waals surface area contributed by atoms with E-state index in [4.69, 9.17) is 4.74 Å². The average Bonchev–Trinajstić information content (AvgIpc) is 2.95. The number of hydrogen-bond acceptors (Lipinski definition) is 3. The fourth-order valence-electron chi connectivity index (χ4n) is 3.61. The van der Waals surface area contributed by atoms with Gasteiger partial charge in [-0.25, -0.2) is 0 Å². The van der Waals surface area contributed by atoms with Crippen molar-refractivity contribution >= 4 is 23.2 Å². The molecule has 1 atom stereocenters. The molecule has 128 valence electrons. The Balaban J connectivity index is 1.45. The number of fused-ring (bicyclic) bond motifs is 2. The summed E-state index contributed by atoms with van der Waals surface area (Å²) in [5, 5.41) is 2.84. The number of amides is 2. The minimum Gasteiger partial charge on any atom is -0.484 e. The normalized spacial score (nSPS) is 18.4. The van der Waals surface area contributed by atoms with Crippen LogP contribution >= 0.6 is 0 Å². The van der Waals surface area contributed by atoms with Crippen molar-refractivity contribution < 1.29 is 14.3 Å². The van der Waals surface area contributed by atoms with Crippen LogP contribution in [-0.4, -0.2) is 24.5 Å². The first-order chi connectivity index (χ1) is 12.1. The van der Waals surface area contributed by atoms with Crippen LogP contribution in [0.3, 0.4) is 0 Å². The van der Waals surface area contributed by atoms with Crippen molar-refractivity contribution in [2.45, 2.75) is 32.2 Å². The predicted octanol–water partition coefficient (Wildman–Crippen LogP) is 2.93. The molecule has 1 N–H and O–H groups in total. The lowest BCUT2D eigenvalue weighted by atomic mass is 10.0. The molecule has 0 spiro atoms. The number of carbonyl (C=O) groups is 2. The van der Waals surface area contributed by atoms with Gasteiger partial charge in [0.2, 0.25) is 5.91 Å². The van der Waals surface area contributed by atoms with E-state index in [2.05, 4.69) is 18.3 Å². The Morgan fingerprint density at radius 1 is 1.20 bits per heavy atom. The molecule has 0 unspecified atom stereocenters. The summed E-state index contributed by atoms with van der Waals surface area (Å²) >= 11 is 0. The van der Waals surface area contributed by atoms with Crippen molar-refractivity contribution in [3.05, 3.63) is 53.6 Å². The van der Waals surface area contributed by atoms with Gasteiger partial charge in [0.1, 0.15) is 5.75 Å². The number of carbonyl (C=O) groups excluding carboxylic acids is 2. The molecule has 0 bridgehead atoms. The van der Waals surface area contributed by atoms with E-state index < -0.39 is 0 Å². The lowest BCUT2D eigenvalue weighted by Crippen LogP contribution is -2.39. The molecule has 0 radical (unpaired) electrons. The van der Waals surface area contributed by atoms with E-state index in [-0.39, 0.29) is 24.5 Å². The van der Waals surface area contributed by atoms with Crippen molar-refractivity contribution in [2.24, 2.45) is 0 Å². The van der Waals surface area contributed by atoms with E-state index in [0.29, 0.717) is 18.6 Å². The second-order valence-electron chi connectivity index (χ2n) is 6.60. The Morgan fingerprint density at radius 2 is 2.04 bits per heavy atom. The third-order valence-corrected chi connectivity index (χ3v) is 4.81. The summed E-state index contributed by atoms with van der Waals surface area (Å²) in [5.41, 5.74) is 4.06. The van der Waals surface area contributed by atoms with Crippen molar-refractivity contribution in [1.82, 2.24) is 0 Å². The summed E-state index contributed by atoms with van der Waals surface area (Å²) in [6.07, 6.45) is 2.06. The summed E-state index contributed by atoms with van der Waals surface area (Å²) in [6, 6.07) is 13.7. The monoisotopic (exact) mass is 336 g/mol. The van der Waals surface area contributed by atoms with E-state index in [1.54, 1.807) is 6.07 Å². The second kappa shape index (κ2) is 6.24. The minimum atomic E-state index is -0.0385. The molecule has 25 heavy (non-hydrogen) atoms. The smallest absolute Gasteiger partial charge is 0.265 e. The zero-order valence-corrected chi connectivity index (χ0v) is 14.1. The SMILES string of the molecule is C[C@H]1Cc2ccccc2N1C(=O)COc1ccc2c(c1)CCC(=O)N2. The zero-order chi connectivity index (χ0) is 17.4. The third kappa shape index (κ3) is 2.97. The molecule has 0 saturated heterocycles. The topological polar surface area (TPSA) is 58.6 Å². The van der Waals surface area contributed by atoms with E-state index in [9.17, 15) is 9.59 Å². The number of rotatable bonds is 3. The maximum atomic E-state index is 12.7. The van der Waals surface area contributed by atoms with Crippen LogP contribution in [0.1, 0.15) is 24.5 Å². The van der Waals surface area contributed by atoms with Gasteiger partial charge in [-0.3, -0.25) is 9.59 Å². The van der Waals surface area contributed by atoms with Gasteiger partial charge in [0, 0.05) is 23.8 Å². The maximum Gasteiger partial charge on any atom is 0.265 e. The van der Waals surface area contributed by atoms with Gasteiger partial charge in [0.25, 0.3) is 5.91 Å². The van der Waals surface area contributed by atoms with Gasteiger partial charge in [-0.15, -0.1) is 0 Å². The highest BCUT2D eigenvalue weighted by Gasteiger charge is 2.30. The number of ether oxygens (including phenoxy) is 1. The van der Waals surface area contributed by atoms with Crippen molar-refractivity contribution in [3.8, 4) is 5.75 Å². The number of nitrogens with zero attached hydrogens (tertiary/aromatic N) is 1. The number of benzene rings is 2. The first-order valence-electron chi connectivity index (χ1n) is 8.57. The first-order valence-corrected chi connectivity index (χ1v) is 8.57. The Bertz CT molecular complexity index is 847. The fraction of sp³-hybridized carbons (Fsp3) is 0.300. The van der Waals surface area contributed by atoms with Crippen LogP contribution in [-0.2, 0) is 22.4 Å². The Kier molecular flexibility index (Phi) is 3.92. The van der Waals surface area contributed by atoms with Gasteiger partial charge in [-0.05, 0) is 55.2 Å². The quantitative estimate of drug-likeness (QED) is 0.937. The molecule has 2 amide bonds. The standard InChI is InChI=1S/C20H20N2O3/c1-13-10-15-4-2-3-5-18(15)22(13)20(24)12-25-16-7-8-17-14(11-16)6-9-19(23)21-17/h2-5,7-8,11,13H,6,9-10,12H2,1H3,(H,21,23)/t13-/m0/s1. The van der Waals surface area contributed by atoms with Gasteiger partial charge >= 0.3 is 0 Å².